The van der Waals surface area contributed by atoms with Gasteiger partial charge in [-0.15, -0.1) is 11.3 Å². The highest BCUT2D eigenvalue weighted by atomic mass is 32.1. The summed E-state index contributed by atoms with van der Waals surface area (Å²) >= 11 is 1.56. The molecule has 3 saturated carbocycles. The molecule has 2 aromatic heterocycles. The van der Waals surface area contributed by atoms with E-state index in [0.29, 0.717) is 23.1 Å². The van der Waals surface area contributed by atoms with Crippen LogP contribution in [-0.2, 0) is 4.79 Å². The van der Waals surface area contributed by atoms with Crippen molar-refractivity contribution in [3.8, 4) is 0 Å². The van der Waals surface area contributed by atoms with Gasteiger partial charge in [-0.25, -0.2) is 9.37 Å². The van der Waals surface area contributed by atoms with E-state index < -0.39 is 0 Å². The first kappa shape index (κ1) is 27.3. The summed E-state index contributed by atoms with van der Waals surface area (Å²) in [5.41, 5.74) is 7.86. The molecule has 1 aromatic carbocycles. The first-order valence-corrected chi connectivity index (χ1v) is 16.9. The van der Waals surface area contributed by atoms with Gasteiger partial charge in [0.25, 0.3) is 0 Å². The number of thiophene rings is 1. The average molecular weight is 602 g/mol. The van der Waals surface area contributed by atoms with E-state index in [9.17, 15) is 4.79 Å². The fourth-order valence-corrected chi connectivity index (χ4v) is 9.83. The number of nitrogens with two attached hydrogens (primary N) is 1. The van der Waals surface area contributed by atoms with Crippen LogP contribution in [0.3, 0.4) is 0 Å². The van der Waals surface area contributed by atoms with Crippen LogP contribution in [0, 0.1) is 35.4 Å². The van der Waals surface area contributed by atoms with E-state index >= 15 is 4.39 Å². The monoisotopic (exact) mass is 601 g/mol. The van der Waals surface area contributed by atoms with E-state index in [0.717, 1.165) is 60.7 Å². The molecule has 4 atom stereocenters. The predicted octanol–water partition coefficient (Wildman–Crippen LogP) is 5.75. The Morgan fingerprint density at radius 1 is 0.977 bits per heavy atom. The second-order valence-corrected chi connectivity index (χ2v) is 14.2. The van der Waals surface area contributed by atoms with Crippen molar-refractivity contribution in [3.63, 3.8) is 0 Å². The van der Waals surface area contributed by atoms with Crippen LogP contribution in [0.1, 0.15) is 44.9 Å². The number of halogens is 1. The summed E-state index contributed by atoms with van der Waals surface area (Å²) in [7, 11) is 0. The number of aromatic nitrogens is 2. The number of allylic oxidation sites excluding steroid dienone is 1. The van der Waals surface area contributed by atoms with E-state index in [1.165, 1.54) is 38.5 Å². The number of anilines is 4. The van der Waals surface area contributed by atoms with E-state index in [4.69, 9.17) is 15.7 Å². The smallest absolute Gasteiger partial charge is 0.229 e. The van der Waals surface area contributed by atoms with Crippen molar-refractivity contribution in [2.75, 3.05) is 41.7 Å². The van der Waals surface area contributed by atoms with Crippen LogP contribution < -0.4 is 21.3 Å². The van der Waals surface area contributed by atoms with E-state index in [2.05, 4.69) is 32.6 Å². The first-order valence-electron chi connectivity index (χ1n) is 16.1. The normalized spacial score (nSPS) is 31.9. The largest absolute Gasteiger partial charge is 0.369 e. The fourth-order valence-electron chi connectivity index (χ4n) is 9.05. The molecule has 3 aromatic rings. The lowest BCUT2D eigenvalue weighted by molar-refractivity contribution is -0.122. The molecule has 5 aliphatic rings. The van der Waals surface area contributed by atoms with Crippen molar-refractivity contribution >= 4 is 50.6 Å². The molecule has 1 aliphatic heterocycles. The van der Waals surface area contributed by atoms with Gasteiger partial charge in [-0.2, -0.15) is 4.98 Å². The van der Waals surface area contributed by atoms with Gasteiger partial charge in [-0.3, -0.25) is 9.69 Å². The number of rotatable bonds is 7. The number of hydrogen-bond donors (Lipinski definition) is 3. The van der Waals surface area contributed by atoms with Crippen LogP contribution in [0.2, 0.25) is 0 Å². The molecule has 4 unspecified atom stereocenters. The number of nitrogens with zero attached hydrogens (tertiary/aromatic N) is 4. The lowest BCUT2D eigenvalue weighted by Crippen LogP contribution is -2.56. The highest BCUT2D eigenvalue weighted by Crippen LogP contribution is 2.46. The fraction of sp³-hybridized carbons (Fsp3) is 0.545. The molecule has 226 valence electrons. The van der Waals surface area contributed by atoms with Crippen LogP contribution in [-0.4, -0.2) is 59.0 Å². The quantitative estimate of drug-likeness (QED) is 0.297. The first-order chi connectivity index (χ1) is 21.0. The number of hydrogen-bond acceptors (Lipinski definition) is 8. The summed E-state index contributed by atoms with van der Waals surface area (Å²) in [6.07, 6.45) is 13.6. The van der Waals surface area contributed by atoms with Gasteiger partial charge in [-0.05, 0) is 85.4 Å². The lowest BCUT2D eigenvalue weighted by Gasteiger charge is -2.50. The molecule has 10 heteroatoms. The van der Waals surface area contributed by atoms with Crippen molar-refractivity contribution in [3.05, 3.63) is 47.6 Å². The Hall–Kier alpha value is -3.24. The molecule has 4 N–H and O–H groups in total. The molecule has 8 rings (SSSR count). The number of nitrogens with one attached hydrogen (secondary N) is 2. The highest BCUT2D eigenvalue weighted by Gasteiger charge is 2.48. The van der Waals surface area contributed by atoms with Gasteiger partial charge in [0.05, 0.1) is 21.8 Å². The number of fused-ring (bicyclic) bond motifs is 5. The maximum absolute atomic E-state index is 15.5. The zero-order valence-electron chi connectivity index (χ0n) is 24.4. The van der Waals surface area contributed by atoms with Gasteiger partial charge in [0, 0.05) is 44.0 Å². The zero-order chi connectivity index (χ0) is 29.1. The minimum absolute atomic E-state index is 0.101. The molecule has 0 radical (unpaired) electrons. The molecule has 0 spiro atoms. The third-order valence-electron chi connectivity index (χ3n) is 10.9. The molecule has 4 bridgehead atoms. The molecule has 43 heavy (non-hydrogen) atoms. The lowest BCUT2D eigenvalue weighted by atomic mass is 9.68. The Labute approximate surface area is 255 Å². The Morgan fingerprint density at radius 2 is 1.72 bits per heavy atom. The summed E-state index contributed by atoms with van der Waals surface area (Å²) in [6, 6.07) is 7.93. The van der Waals surface area contributed by atoms with Crippen molar-refractivity contribution in [1.82, 2.24) is 14.9 Å². The van der Waals surface area contributed by atoms with Gasteiger partial charge >= 0.3 is 0 Å². The molecule has 8 nitrogen and oxygen atoms in total. The highest BCUT2D eigenvalue weighted by molar-refractivity contribution is 7.17. The van der Waals surface area contributed by atoms with Crippen LogP contribution in [0.15, 0.2) is 41.8 Å². The number of benzene rings is 1. The zero-order valence-corrected chi connectivity index (χ0v) is 25.2. The topological polar surface area (TPSA) is 99.4 Å². The van der Waals surface area contributed by atoms with Gasteiger partial charge in [0.2, 0.25) is 11.9 Å². The molecular weight excluding hydrogens is 561 g/mol. The van der Waals surface area contributed by atoms with Gasteiger partial charge in [0.15, 0.2) is 0 Å². The average Bonchev–Trinajstić information content (AvgIpc) is 3.74. The van der Waals surface area contributed by atoms with Crippen molar-refractivity contribution in [2.45, 2.75) is 57.0 Å². The number of piperazine rings is 1. The number of amides is 1. The summed E-state index contributed by atoms with van der Waals surface area (Å²) < 4.78 is 16.5. The van der Waals surface area contributed by atoms with Gasteiger partial charge in [0.1, 0.15) is 11.6 Å². The maximum atomic E-state index is 15.5. The molecule has 3 heterocycles. The summed E-state index contributed by atoms with van der Waals surface area (Å²) in [6.45, 7) is 3.74. The second-order valence-electron chi connectivity index (χ2n) is 13.3. The maximum Gasteiger partial charge on any atom is 0.229 e. The van der Waals surface area contributed by atoms with E-state index in [1.54, 1.807) is 17.4 Å². The number of carbonyl (C=O) groups is 1. The number of primary amides is 1. The third kappa shape index (κ3) is 4.96. The van der Waals surface area contributed by atoms with Gasteiger partial charge in [-0.1, -0.05) is 25.0 Å². The van der Waals surface area contributed by atoms with Crippen molar-refractivity contribution < 1.29 is 9.18 Å². The van der Waals surface area contributed by atoms with Crippen LogP contribution >= 0.6 is 11.3 Å². The summed E-state index contributed by atoms with van der Waals surface area (Å²) in [5.74, 6) is 2.44. The Morgan fingerprint density at radius 3 is 2.44 bits per heavy atom. The minimum Gasteiger partial charge on any atom is -0.369 e. The molecular formula is C33H40FN7OS. The van der Waals surface area contributed by atoms with E-state index in [-0.39, 0.29) is 35.5 Å². The Bertz CT molecular complexity index is 1530. The van der Waals surface area contributed by atoms with E-state index in [1.807, 2.05) is 23.6 Å². The molecule has 4 aliphatic carbocycles. The second kappa shape index (κ2) is 11.0. The number of carbonyl (C=O) groups excluding carboxylic acids is 1. The minimum atomic E-state index is -0.280. The molecule has 1 amide bonds. The molecule has 4 fully saturated rings. The Balaban J connectivity index is 0.965. The van der Waals surface area contributed by atoms with Crippen LogP contribution in [0.5, 0.6) is 0 Å². The molecule has 1 saturated heterocycles. The summed E-state index contributed by atoms with van der Waals surface area (Å²) in [5, 5.41) is 8.76. The van der Waals surface area contributed by atoms with Gasteiger partial charge < -0.3 is 21.3 Å². The van der Waals surface area contributed by atoms with Crippen molar-refractivity contribution in [1.29, 1.82) is 0 Å². The van der Waals surface area contributed by atoms with Crippen LogP contribution in [0.4, 0.5) is 27.5 Å². The standard InChI is InChI=1S/C33H40FN7OS/c34-24-18-23(9-10-26(24)40-12-14-41(15-13-40)29-19-3-1-4-20(29)6-2-5-19)36-33-37-25-11-16-43-30(25)32(39-33)38-28-22-8-7-21(17-22)27(28)31(35)42/h7-11,16,18-22,27-29H,1-6,12-15,17H2,(H2,35,42)(H2,36,37,38,39). The predicted molar refractivity (Wildman–Crippen MR) is 170 cm³/mol. The van der Waals surface area contributed by atoms with Crippen molar-refractivity contribution in [2.24, 2.45) is 35.3 Å². The Kier molecular flexibility index (Phi) is 7.01. The third-order valence-corrected chi connectivity index (χ3v) is 11.9. The SMILES string of the molecule is NC(=O)C1C2C=CC(C2)C1Nc1nc(Nc2ccc(N3CCN(C4C5CCCC4CCC5)CC3)c(F)c2)nc2ccsc12. The van der Waals surface area contributed by atoms with Crippen LogP contribution in [0.25, 0.3) is 10.2 Å². The summed E-state index contributed by atoms with van der Waals surface area (Å²) in [4.78, 5) is 26.7.